The van der Waals surface area contributed by atoms with Crippen molar-refractivity contribution in [2.24, 2.45) is 0 Å². The molecule has 0 unspecified atom stereocenters. The Morgan fingerprint density at radius 3 is 2.71 bits per heavy atom. The van der Waals surface area contributed by atoms with Gasteiger partial charge >= 0.3 is 0 Å². The summed E-state index contributed by atoms with van der Waals surface area (Å²) in [7, 11) is 0. The topological polar surface area (TPSA) is 20.2 Å². The second-order valence-corrected chi connectivity index (χ2v) is 4.22. The maximum Gasteiger partial charge on any atom is 0.123 e. The van der Waals surface area contributed by atoms with Crippen molar-refractivity contribution >= 4 is 32.2 Å². The molecule has 0 fully saturated rings. The molecule has 2 aromatic carbocycles. The minimum absolute atomic E-state index is 0.357. The highest BCUT2D eigenvalue weighted by Gasteiger charge is 2.03. The molecule has 0 spiro atoms. The Hall–Kier alpha value is -1.54. The van der Waals surface area contributed by atoms with E-state index < -0.39 is 0 Å². The lowest BCUT2D eigenvalue weighted by atomic mass is 10.1. The molecule has 2 heteroatoms. The Kier molecular flexibility index (Phi) is 1.52. The van der Waals surface area contributed by atoms with Gasteiger partial charge in [0.1, 0.15) is 5.75 Å². The lowest BCUT2D eigenvalue weighted by Gasteiger charge is -2.01. The minimum atomic E-state index is 0.357. The zero-order chi connectivity index (χ0) is 9.54. The smallest absolute Gasteiger partial charge is 0.123 e. The number of phenols is 1. The number of rotatable bonds is 0. The van der Waals surface area contributed by atoms with Crippen LogP contribution >= 0.6 is 11.3 Å². The van der Waals surface area contributed by atoms with Gasteiger partial charge < -0.3 is 5.11 Å². The predicted octanol–water partition coefficient (Wildman–Crippen LogP) is 3.76. The monoisotopic (exact) mass is 200 g/mol. The first-order chi connectivity index (χ1) is 6.86. The van der Waals surface area contributed by atoms with Crippen molar-refractivity contribution in [3.63, 3.8) is 0 Å². The predicted molar refractivity (Wildman–Crippen MR) is 61.0 cm³/mol. The molecule has 0 saturated heterocycles. The van der Waals surface area contributed by atoms with Gasteiger partial charge in [-0.15, -0.1) is 11.3 Å². The molecule has 0 amide bonds. The van der Waals surface area contributed by atoms with Crippen LogP contribution in [0.1, 0.15) is 0 Å². The summed E-state index contributed by atoms with van der Waals surface area (Å²) in [6.07, 6.45) is 0. The van der Waals surface area contributed by atoms with Crippen LogP contribution in [-0.4, -0.2) is 5.11 Å². The molecule has 3 rings (SSSR count). The van der Waals surface area contributed by atoms with Crippen molar-refractivity contribution in [3.05, 3.63) is 41.8 Å². The Labute approximate surface area is 85.2 Å². The molecule has 0 radical (unpaired) electrons. The Bertz CT molecular complexity index is 610. The Balaban J connectivity index is 2.64. The molecule has 0 atom stereocenters. The van der Waals surface area contributed by atoms with Crippen molar-refractivity contribution in [3.8, 4) is 5.75 Å². The average molecular weight is 200 g/mol. The molecule has 0 bridgehead atoms. The molecule has 3 aromatic rings. The maximum absolute atomic E-state index is 9.67. The van der Waals surface area contributed by atoms with E-state index in [-0.39, 0.29) is 0 Å². The van der Waals surface area contributed by atoms with Crippen molar-refractivity contribution in [1.82, 2.24) is 0 Å². The van der Waals surface area contributed by atoms with Gasteiger partial charge in [0.15, 0.2) is 0 Å². The van der Waals surface area contributed by atoms with Gasteiger partial charge in [0.25, 0.3) is 0 Å². The molecule has 0 aliphatic rings. The van der Waals surface area contributed by atoms with Gasteiger partial charge in [0.05, 0.1) is 0 Å². The van der Waals surface area contributed by atoms with Crippen molar-refractivity contribution < 1.29 is 5.11 Å². The SMILES string of the molecule is Oc1cccc2c1ccc1sccc12. The maximum atomic E-state index is 9.67. The van der Waals surface area contributed by atoms with Gasteiger partial charge in [-0.3, -0.25) is 0 Å². The van der Waals surface area contributed by atoms with E-state index in [2.05, 4.69) is 17.5 Å². The fraction of sp³-hybridized carbons (Fsp3) is 0. The summed E-state index contributed by atoms with van der Waals surface area (Å²) in [5.74, 6) is 0.357. The number of fused-ring (bicyclic) bond motifs is 3. The molecule has 1 heterocycles. The van der Waals surface area contributed by atoms with E-state index in [4.69, 9.17) is 0 Å². The first kappa shape index (κ1) is 7.83. The van der Waals surface area contributed by atoms with Gasteiger partial charge in [-0.05, 0) is 35.0 Å². The summed E-state index contributed by atoms with van der Waals surface area (Å²) in [5.41, 5.74) is 0. The van der Waals surface area contributed by atoms with Crippen LogP contribution in [0.15, 0.2) is 41.8 Å². The van der Waals surface area contributed by atoms with Gasteiger partial charge in [-0.1, -0.05) is 12.1 Å². The van der Waals surface area contributed by atoms with E-state index in [0.717, 1.165) is 10.8 Å². The van der Waals surface area contributed by atoms with Crippen LogP contribution in [-0.2, 0) is 0 Å². The standard InChI is InChI=1S/C12H8OS/c13-11-3-1-2-8-9(11)4-5-12-10(8)6-7-14-12/h1-7,13H. The van der Waals surface area contributed by atoms with E-state index in [1.165, 1.54) is 10.1 Å². The van der Waals surface area contributed by atoms with E-state index in [9.17, 15) is 5.11 Å². The Morgan fingerprint density at radius 1 is 0.857 bits per heavy atom. The first-order valence-corrected chi connectivity index (χ1v) is 5.32. The summed E-state index contributed by atoms with van der Waals surface area (Å²) in [6, 6.07) is 11.8. The van der Waals surface area contributed by atoms with Crippen LogP contribution in [0.2, 0.25) is 0 Å². The second kappa shape index (κ2) is 2.72. The summed E-state index contributed by atoms with van der Waals surface area (Å²) in [4.78, 5) is 0. The average Bonchev–Trinajstić information content (AvgIpc) is 2.66. The van der Waals surface area contributed by atoms with Crippen molar-refractivity contribution in [2.45, 2.75) is 0 Å². The summed E-state index contributed by atoms with van der Waals surface area (Å²) in [5, 5.41) is 15.0. The highest BCUT2D eigenvalue weighted by atomic mass is 32.1. The van der Waals surface area contributed by atoms with Gasteiger partial charge in [-0.25, -0.2) is 0 Å². The zero-order valence-electron chi connectivity index (χ0n) is 7.40. The first-order valence-electron chi connectivity index (χ1n) is 4.44. The molecular weight excluding hydrogens is 192 g/mol. The van der Waals surface area contributed by atoms with Crippen molar-refractivity contribution in [1.29, 1.82) is 0 Å². The number of benzene rings is 2. The van der Waals surface area contributed by atoms with E-state index in [1.54, 1.807) is 17.4 Å². The fourth-order valence-corrected chi connectivity index (χ4v) is 2.60. The van der Waals surface area contributed by atoms with E-state index in [1.807, 2.05) is 18.2 Å². The molecule has 0 saturated carbocycles. The van der Waals surface area contributed by atoms with Gasteiger partial charge in [0.2, 0.25) is 0 Å². The quantitative estimate of drug-likeness (QED) is 0.585. The van der Waals surface area contributed by atoms with Crippen LogP contribution in [0, 0.1) is 0 Å². The third-order valence-electron chi connectivity index (χ3n) is 2.47. The van der Waals surface area contributed by atoms with Crippen LogP contribution in [0.5, 0.6) is 5.75 Å². The third-order valence-corrected chi connectivity index (χ3v) is 3.35. The van der Waals surface area contributed by atoms with Gasteiger partial charge in [-0.2, -0.15) is 0 Å². The highest BCUT2D eigenvalue weighted by Crippen LogP contribution is 2.32. The normalized spacial score (nSPS) is 11.1. The van der Waals surface area contributed by atoms with Crippen LogP contribution in [0.4, 0.5) is 0 Å². The second-order valence-electron chi connectivity index (χ2n) is 3.27. The molecule has 0 aliphatic heterocycles. The molecule has 1 N–H and O–H groups in total. The number of hydrogen-bond donors (Lipinski definition) is 1. The molecule has 68 valence electrons. The van der Waals surface area contributed by atoms with Gasteiger partial charge in [0, 0.05) is 15.5 Å². The third kappa shape index (κ3) is 0.946. The summed E-state index contributed by atoms with van der Waals surface area (Å²) in [6.45, 7) is 0. The largest absolute Gasteiger partial charge is 0.507 e. The van der Waals surface area contributed by atoms with Crippen LogP contribution < -0.4 is 0 Å². The zero-order valence-corrected chi connectivity index (χ0v) is 8.21. The van der Waals surface area contributed by atoms with Crippen LogP contribution in [0.3, 0.4) is 0 Å². The van der Waals surface area contributed by atoms with Crippen LogP contribution in [0.25, 0.3) is 20.9 Å². The fourth-order valence-electron chi connectivity index (χ4n) is 1.79. The molecule has 1 nitrogen and oxygen atoms in total. The van der Waals surface area contributed by atoms with Crippen molar-refractivity contribution in [2.75, 3.05) is 0 Å². The molecule has 0 aliphatic carbocycles. The molecule has 14 heavy (non-hydrogen) atoms. The Morgan fingerprint density at radius 2 is 1.79 bits per heavy atom. The molecule has 1 aromatic heterocycles. The number of thiophene rings is 1. The number of hydrogen-bond acceptors (Lipinski definition) is 2. The number of aromatic hydroxyl groups is 1. The number of phenolic OH excluding ortho intramolecular Hbond substituents is 1. The lowest BCUT2D eigenvalue weighted by molar-refractivity contribution is 0.481. The summed E-state index contributed by atoms with van der Waals surface area (Å²) < 4.78 is 1.27. The minimum Gasteiger partial charge on any atom is -0.507 e. The van der Waals surface area contributed by atoms with E-state index >= 15 is 0 Å². The van der Waals surface area contributed by atoms with E-state index in [0.29, 0.717) is 5.75 Å². The summed E-state index contributed by atoms with van der Waals surface area (Å²) >= 11 is 1.73. The molecular formula is C12H8OS. The lowest BCUT2D eigenvalue weighted by Crippen LogP contribution is -1.73. The highest BCUT2D eigenvalue weighted by molar-refractivity contribution is 7.17.